The molecule has 3 heterocycles. The number of fused-ring (bicyclic) bond motifs is 1. The lowest BCUT2D eigenvalue weighted by molar-refractivity contribution is 0.00967. The number of benzene rings is 1. The normalized spacial score (nSPS) is 19.0. The van der Waals surface area contributed by atoms with Gasteiger partial charge in [-0.3, -0.25) is 9.19 Å². The van der Waals surface area contributed by atoms with Gasteiger partial charge in [-0.2, -0.15) is 5.10 Å². The Labute approximate surface area is 180 Å². The third kappa shape index (κ3) is 3.87. The van der Waals surface area contributed by atoms with E-state index in [4.69, 9.17) is 0 Å². The van der Waals surface area contributed by atoms with E-state index in [1.165, 1.54) is 6.20 Å². The molecule has 0 saturated heterocycles. The minimum Gasteiger partial charge on any atom is -0.262 e. The van der Waals surface area contributed by atoms with Crippen molar-refractivity contribution in [3.05, 3.63) is 66.7 Å². The number of nitrogens with zero attached hydrogens (tertiary/aromatic N) is 4. The van der Waals surface area contributed by atoms with Crippen LogP contribution in [-0.2, 0) is 10.8 Å². The maximum atomic E-state index is 13.5. The van der Waals surface area contributed by atoms with Gasteiger partial charge in [0, 0.05) is 41.6 Å². The van der Waals surface area contributed by atoms with Crippen LogP contribution in [-0.4, -0.2) is 35.1 Å². The first-order valence-electron chi connectivity index (χ1n) is 10.1. The van der Waals surface area contributed by atoms with Crippen LogP contribution in [0.5, 0.6) is 0 Å². The molecule has 0 N–H and O–H groups in total. The van der Waals surface area contributed by atoms with Crippen LogP contribution in [0.1, 0.15) is 25.0 Å². The van der Waals surface area contributed by atoms with E-state index in [9.17, 15) is 13.0 Å². The lowest BCUT2D eigenvalue weighted by atomic mass is 10.1. The summed E-state index contributed by atoms with van der Waals surface area (Å²) in [6, 6.07) is 13.7. The summed E-state index contributed by atoms with van der Waals surface area (Å²) in [5.41, 5.74) is 4.50. The van der Waals surface area contributed by atoms with E-state index in [0.717, 1.165) is 27.9 Å². The number of halogens is 2. The fourth-order valence-corrected chi connectivity index (χ4v) is 5.54. The molecule has 0 amide bonds. The van der Waals surface area contributed by atoms with Crippen molar-refractivity contribution in [3.63, 3.8) is 0 Å². The highest BCUT2D eigenvalue weighted by molar-refractivity contribution is 7.85. The van der Waals surface area contributed by atoms with E-state index in [0.29, 0.717) is 10.5 Å². The molecule has 0 bridgehead atoms. The first kappa shape index (κ1) is 19.9. The molecule has 1 fully saturated rings. The van der Waals surface area contributed by atoms with Crippen LogP contribution in [0.15, 0.2) is 66.0 Å². The molecule has 31 heavy (non-hydrogen) atoms. The first-order valence-corrected chi connectivity index (χ1v) is 11.3. The fraction of sp³-hybridized carbons (Fsp3) is 0.261. The second kappa shape index (κ2) is 7.60. The van der Waals surface area contributed by atoms with Crippen molar-refractivity contribution in [1.82, 2.24) is 19.7 Å². The van der Waals surface area contributed by atoms with Crippen molar-refractivity contribution in [1.29, 1.82) is 0 Å². The Hall–Kier alpha value is -3.00. The van der Waals surface area contributed by atoms with Crippen LogP contribution in [0.3, 0.4) is 0 Å². The zero-order valence-corrected chi connectivity index (χ0v) is 17.6. The SMILES string of the molecule is Cc1cc(-c2cccc(-n3ncc4cc(S(=O)[C@H]5CCC(F)(F)C5)cnc43)c2)ccn1. The summed E-state index contributed by atoms with van der Waals surface area (Å²) < 4.78 is 41.6. The minimum absolute atomic E-state index is 0.204. The molecule has 158 valence electrons. The van der Waals surface area contributed by atoms with Crippen LogP contribution in [0.2, 0.25) is 0 Å². The molecule has 0 radical (unpaired) electrons. The molecule has 0 spiro atoms. The van der Waals surface area contributed by atoms with Gasteiger partial charge in [-0.05, 0) is 54.8 Å². The molecule has 5 rings (SSSR count). The van der Waals surface area contributed by atoms with Crippen molar-refractivity contribution in [2.75, 3.05) is 0 Å². The van der Waals surface area contributed by atoms with Crippen LogP contribution >= 0.6 is 0 Å². The molecule has 4 aromatic rings. The lowest BCUT2D eigenvalue weighted by Gasteiger charge is -2.11. The van der Waals surface area contributed by atoms with Gasteiger partial charge < -0.3 is 0 Å². The number of hydrogen-bond acceptors (Lipinski definition) is 4. The summed E-state index contributed by atoms with van der Waals surface area (Å²) >= 11 is 0. The summed E-state index contributed by atoms with van der Waals surface area (Å²) in [6.07, 6.45) is 4.68. The summed E-state index contributed by atoms with van der Waals surface area (Å²) in [5, 5.41) is 4.65. The smallest absolute Gasteiger partial charge is 0.249 e. The van der Waals surface area contributed by atoms with Gasteiger partial charge in [0.25, 0.3) is 0 Å². The van der Waals surface area contributed by atoms with E-state index in [-0.39, 0.29) is 19.3 Å². The quantitative estimate of drug-likeness (QED) is 0.446. The molecular formula is C23H20F2N4OS. The zero-order valence-electron chi connectivity index (χ0n) is 16.8. The van der Waals surface area contributed by atoms with Crippen LogP contribution in [0.25, 0.3) is 27.8 Å². The monoisotopic (exact) mass is 438 g/mol. The molecule has 1 aromatic carbocycles. The van der Waals surface area contributed by atoms with Gasteiger partial charge in [0.2, 0.25) is 5.92 Å². The first-order chi connectivity index (χ1) is 14.9. The Bertz CT molecular complexity index is 1300. The molecule has 1 saturated carbocycles. The van der Waals surface area contributed by atoms with Gasteiger partial charge in [-0.25, -0.2) is 18.4 Å². The summed E-state index contributed by atoms with van der Waals surface area (Å²) in [7, 11) is -1.51. The Balaban J connectivity index is 1.47. The zero-order chi connectivity index (χ0) is 21.6. The fourth-order valence-electron chi connectivity index (χ4n) is 4.03. The number of hydrogen-bond donors (Lipinski definition) is 0. The minimum atomic E-state index is -2.72. The maximum absolute atomic E-state index is 13.5. The second-order valence-electron chi connectivity index (χ2n) is 7.89. The summed E-state index contributed by atoms with van der Waals surface area (Å²) in [5.74, 6) is -2.72. The van der Waals surface area contributed by atoms with Crippen molar-refractivity contribution in [2.24, 2.45) is 0 Å². The maximum Gasteiger partial charge on any atom is 0.249 e. The average Bonchev–Trinajstić information content (AvgIpc) is 3.35. The van der Waals surface area contributed by atoms with E-state index < -0.39 is 22.0 Å². The Kier molecular flexibility index (Phi) is 4.89. The van der Waals surface area contributed by atoms with E-state index >= 15 is 0 Å². The Morgan fingerprint density at radius 1 is 1.10 bits per heavy atom. The molecule has 2 atom stereocenters. The van der Waals surface area contributed by atoms with E-state index in [1.807, 2.05) is 43.3 Å². The van der Waals surface area contributed by atoms with Crippen LogP contribution in [0.4, 0.5) is 8.78 Å². The number of alkyl halides is 2. The predicted octanol–water partition coefficient (Wildman–Crippen LogP) is 5.09. The highest BCUT2D eigenvalue weighted by Crippen LogP contribution is 2.39. The molecule has 8 heteroatoms. The van der Waals surface area contributed by atoms with Crippen molar-refractivity contribution >= 4 is 21.8 Å². The van der Waals surface area contributed by atoms with Gasteiger partial charge in [0.15, 0.2) is 5.65 Å². The Morgan fingerprint density at radius 3 is 2.71 bits per heavy atom. The van der Waals surface area contributed by atoms with E-state index in [1.54, 1.807) is 23.1 Å². The lowest BCUT2D eigenvalue weighted by Crippen LogP contribution is -2.16. The molecule has 1 aliphatic rings. The van der Waals surface area contributed by atoms with E-state index in [2.05, 4.69) is 15.1 Å². The standard InChI is InChI=1S/C23H20F2N4OS/c1-15-9-17(6-8-26-15)16-3-2-4-19(10-16)29-22-18(13-28-29)11-21(14-27-22)31(30)20-5-7-23(24,25)12-20/h2-4,6,8-11,13-14,20H,5,7,12H2,1H3/t20-,31?/m0/s1. The summed E-state index contributed by atoms with van der Waals surface area (Å²) in [6.45, 7) is 1.95. The molecule has 3 aromatic heterocycles. The third-order valence-electron chi connectivity index (χ3n) is 5.60. The molecule has 0 aliphatic heterocycles. The highest BCUT2D eigenvalue weighted by Gasteiger charge is 2.42. The number of pyridine rings is 2. The van der Waals surface area contributed by atoms with Crippen molar-refractivity contribution in [2.45, 2.75) is 42.3 Å². The second-order valence-corrected chi connectivity index (χ2v) is 9.63. The number of rotatable bonds is 4. The van der Waals surface area contributed by atoms with Crippen LogP contribution < -0.4 is 0 Å². The number of aryl methyl sites for hydroxylation is 1. The largest absolute Gasteiger partial charge is 0.262 e. The van der Waals surface area contributed by atoms with Crippen molar-refractivity contribution < 1.29 is 13.0 Å². The summed E-state index contributed by atoms with van der Waals surface area (Å²) in [4.78, 5) is 9.18. The van der Waals surface area contributed by atoms with Gasteiger partial charge in [-0.1, -0.05) is 12.1 Å². The third-order valence-corrected chi connectivity index (χ3v) is 7.29. The van der Waals surface area contributed by atoms with Crippen LogP contribution in [0, 0.1) is 6.92 Å². The molecule has 1 unspecified atom stereocenters. The molecular weight excluding hydrogens is 418 g/mol. The van der Waals surface area contributed by atoms with Gasteiger partial charge in [0.05, 0.1) is 27.6 Å². The average molecular weight is 439 g/mol. The van der Waals surface area contributed by atoms with Crippen molar-refractivity contribution in [3.8, 4) is 16.8 Å². The topological polar surface area (TPSA) is 60.7 Å². The molecule has 5 nitrogen and oxygen atoms in total. The number of aromatic nitrogens is 4. The van der Waals surface area contributed by atoms with Gasteiger partial charge in [-0.15, -0.1) is 0 Å². The van der Waals surface area contributed by atoms with Gasteiger partial charge >= 0.3 is 0 Å². The predicted molar refractivity (Wildman–Crippen MR) is 116 cm³/mol. The van der Waals surface area contributed by atoms with Gasteiger partial charge in [0.1, 0.15) is 0 Å². The Morgan fingerprint density at radius 2 is 1.94 bits per heavy atom. The molecule has 1 aliphatic carbocycles. The highest BCUT2D eigenvalue weighted by atomic mass is 32.2.